The second kappa shape index (κ2) is 4.63. The largest absolute Gasteiger partial charge is 0.423 e. The van der Waals surface area contributed by atoms with Crippen molar-refractivity contribution in [2.24, 2.45) is 0 Å². The quantitative estimate of drug-likeness (QED) is 0.810. The van der Waals surface area contributed by atoms with E-state index in [-0.39, 0.29) is 0 Å². The van der Waals surface area contributed by atoms with E-state index in [1.807, 2.05) is 44.2 Å². The summed E-state index contributed by atoms with van der Waals surface area (Å²) in [5, 5.41) is 0. The van der Waals surface area contributed by atoms with E-state index < -0.39 is 0 Å². The predicted octanol–water partition coefficient (Wildman–Crippen LogP) is 1.41. The van der Waals surface area contributed by atoms with Gasteiger partial charge in [-0.15, -0.1) is 0 Å². The minimum Gasteiger partial charge on any atom is -0.423 e. The van der Waals surface area contributed by atoms with E-state index in [0.29, 0.717) is 11.7 Å². The van der Waals surface area contributed by atoms with Gasteiger partial charge in [-0.25, -0.2) is 0 Å². The van der Waals surface area contributed by atoms with E-state index in [9.17, 15) is 0 Å². The number of nitrogens with zero attached hydrogens (tertiary/aromatic N) is 3. The van der Waals surface area contributed by atoms with Crippen molar-refractivity contribution in [3.05, 3.63) is 18.2 Å². The van der Waals surface area contributed by atoms with E-state index in [0.717, 1.165) is 24.2 Å². The molecule has 2 rings (SSSR count). The number of aromatic nitrogens is 1. The van der Waals surface area contributed by atoms with E-state index in [4.69, 9.17) is 10.2 Å². The van der Waals surface area contributed by atoms with E-state index in [1.54, 1.807) is 0 Å². The lowest BCUT2D eigenvalue weighted by molar-refractivity contribution is 0.411. The van der Waals surface area contributed by atoms with Gasteiger partial charge >= 0.3 is 0 Å². The van der Waals surface area contributed by atoms with Crippen LogP contribution in [0.2, 0.25) is 0 Å². The van der Waals surface area contributed by atoms with Crippen LogP contribution in [0.3, 0.4) is 0 Å². The monoisotopic (exact) mass is 234 g/mol. The van der Waals surface area contributed by atoms with E-state index in [2.05, 4.69) is 9.88 Å². The third kappa shape index (κ3) is 2.68. The van der Waals surface area contributed by atoms with Crippen LogP contribution in [0, 0.1) is 0 Å². The zero-order valence-corrected chi connectivity index (χ0v) is 10.5. The average Bonchev–Trinajstić information content (AvgIpc) is 2.68. The molecule has 0 amide bonds. The topological polar surface area (TPSA) is 58.5 Å². The van der Waals surface area contributed by atoms with Crippen molar-refractivity contribution < 1.29 is 4.42 Å². The highest BCUT2D eigenvalue weighted by Crippen LogP contribution is 2.22. The Hall–Kier alpha value is -1.75. The molecule has 0 unspecified atom stereocenters. The SMILES string of the molecule is CN(C)CCN(C)c1nc2cc(N)ccc2o1. The standard InChI is InChI=1S/C12H18N4O/c1-15(2)6-7-16(3)12-14-10-8-9(13)4-5-11(10)17-12/h4-5,8H,6-7,13H2,1-3H3. The molecule has 1 heterocycles. The summed E-state index contributed by atoms with van der Waals surface area (Å²) in [7, 11) is 6.05. The number of nitrogen functional groups attached to an aromatic ring is 1. The van der Waals surface area contributed by atoms with Crippen LogP contribution in [-0.2, 0) is 0 Å². The molecule has 0 saturated heterocycles. The molecule has 1 aromatic heterocycles. The van der Waals surface area contributed by atoms with Crippen LogP contribution in [0.5, 0.6) is 0 Å². The van der Waals surface area contributed by atoms with Crippen LogP contribution in [0.25, 0.3) is 11.1 Å². The van der Waals surface area contributed by atoms with Gasteiger partial charge in [0.15, 0.2) is 5.58 Å². The van der Waals surface area contributed by atoms with Crippen molar-refractivity contribution in [2.45, 2.75) is 0 Å². The van der Waals surface area contributed by atoms with Gasteiger partial charge in [0, 0.05) is 25.8 Å². The first kappa shape index (κ1) is 11.7. The molecule has 0 aliphatic heterocycles. The highest BCUT2D eigenvalue weighted by Gasteiger charge is 2.10. The van der Waals surface area contributed by atoms with Crippen molar-refractivity contribution in [3.8, 4) is 0 Å². The molecule has 17 heavy (non-hydrogen) atoms. The Balaban J connectivity index is 2.18. The molecule has 0 spiro atoms. The van der Waals surface area contributed by atoms with Gasteiger partial charge in [0.05, 0.1) is 0 Å². The number of hydrogen-bond acceptors (Lipinski definition) is 5. The summed E-state index contributed by atoms with van der Waals surface area (Å²) in [6, 6.07) is 6.12. The molecule has 0 aliphatic rings. The lowest BCUT2D eigenvalue weighted by atomic mass is 10.3. The fraction of sp³-hybridized carbons (Fsp3) is 0.417. The van der Waals surface area contributed by atoms with Crippen LogP contribution in [0.4, 0.5) is 11.7 Å². The van der Waals surface area contributed by atoms with E-state index >= 15 is 0 Å². The summed E-state index contributed by atoms with van der Waals surface area (Å²) >= 11 is 0. The molecule has 2 aromatic rings. The van der Waals surface area contributed by atoms with Crippen molar-refractivity contribution in [1.82, 2.24) is 9.88 Å². The molecule has 5 nitrogen and oxygen atoms in total. The number of nitrogens with two attached hydrogens (primary N) is 1. The van der Waals surface area contributed by atoms with Crippen molar-refractivity contribution >= 4 is 22.8 Å². The smallest absolute Gasteiger partial charge is 0.298 e. The zero-order valence-electron chi connectivity index (χ0n) is 10.5. The summed E-state index contributed by atoms with van der Waals surface area (Å²) in [6.45, 7) is 1.83. The van der Waals surface area contributed by atoms with Gasteiger partial charge < -0.3 is 20.0 Å². The molecule has 1 aromatic carbocycles. The molecule has 0 saturated carbocycles. The molecule has 0 fully saturated rings. The van der Waals surface area contributed by atoms with Gasteiger partial charge in [0.2, 0.25) is 0 Å². The lowest BCUT2D eigenvalue weighted by Gasteiger charge is -2.17. The number of rotatable bonds is 4. The van der Waals surface area contributed by atoms with E-state index in [1.165, 1.54) is 0 Å². The maximum Gasteiger partial charge on any atom is 0.298 e. The van der Waals surface area contributed by atoms with Gasteiger partial charge in [-0.2, -0.15) is 4.98 Å². The maximum atomic E-state index is 5.71. The highest BCUT2D eigenvalue weighted by molar-refractivity contribution is 5.78. The summed E-state index contributed by atoms with van der Waals surface area (Å²) < 4.78 is 5.66. The van der Waals surface area contributed by atoms with Gasteiger partial charge in [0.1, 0.15) is 5.52 Å². The first-order valence-electron chi connectivity index (χ1n) is 5.58. The summed E-state index contributed by atoms with van der Waals surface area (Å²) in [6.07, 6.45) is 0. The van der Waals surface area contributed by atoms with Gasteiger partial charge in [0.25, 0.3) is 6.01 Å². The lowest BCUT2D eigenvalue weighted by Crippen LogP contribution is -2.28. The fourth-order valence-electron chi connectivity index (χ4n) is 1.54. The molecule has 0 atom stereocenters. The van der Waals surface area contributed by atoms with Crippen LogP contribution >= 0.6 is 0 Å². The predicted molar refractivity (Wildman–Crippen MR) is 70.2 cm³/mol. The van der Waals surface area contributed by atoms with Crippen LogP contribution in [0.1, 0.15) is 0 Å². The number of oxazole rings is 1. The Morgan fingerprint density at radius 1 is 1.24 bits per heavy atom. The number of likely N-dealkylation sites (N-methyl/N-ethyl adjacent to an activating group) is 2. The Bertz CT molecular complexity index is 506. The minimum atomic E-state index is 0.632. The Labute approximate surface area is 101 Å². The number of hydrogen-bond donors (Lipinski definition) is 1. The Morgan fingerprint density at radius 3 is 2.71 bits per heavy atom. The molecule has 5 heteroatoms. The molecule has 2 N–H and O–H groups in total. The second-order valence-corrected chi connectivity index (χ2v) is 4.45. The first-order valence-corrected chi connectivity index (χ1v) is 5.58. The summed E-state index contributed by atoms with van der Waals surface area (Å²) in [5.41, 5.74) is 7.98. The molecule has 0 aliphatic carbocycles. The Morgan fingerprint density at radius 2 is 2.00 bits per heavy atom. The van der Waals surface area contributed by atoms with Crippen molar-refractivity contribution in [1.29, 1.82) is 0 Å². The van der Waals surface area contributed by atoms with Gasteiger partial charge in [-0.1, -0.05) is 0 Å². The molecule has 92 valence electrons. The zero-order chi connectivity index (χ0) is 12.4. The number of anilines is 2. The van der Waals surface area contributed by atoms with Crippen LogP contribution in [0.15, 0.2) is 22.6 Å². The summed E-state index contributed by atoms with van der Waals surface area (Å²) in [5.74, 6) is 0. The van der Waals surface area contributed by atoms with Crippen LogP contribution < -0.4 is 10.6 Å². The normalized spacial score (nSPS) is 11.3. The number of fused-ring (bicyclic) bond motifs is 1. The van der Waals surface area contributed by atoms with Gasteiger partial charge in [-0.05, 0) is 32.3 Å². The summed E-state index contributed by atoms with van der Waals surface area (Å²) in [4.78, 5) is 8.53. The molecule has 0 bridgehead atoms. The molecular weight excluding hydrogens is 216 g/mol. The van der Waals surface area contributed by atoms with Gasteiger partial charge in [-0.3, -0.25) is 0 Å². The van der Waals surface area contributed by atoms with Crippen molar-refractivity contribution in [2.75, 3.05) is 44.9 Å². The maximum absolute atomic E-state index is 5.71. The fourth-order valence-corrected chi connectivity index (χ4v) is 1.54. The molecular formula is C12H18N4O. The number of benzene rings is 1. The third-order valence-electron chi connectivity index (χ3n) is 2.61. The van der Waals surface area contributed by atoms with Crippen LogP contribution in [-0.4, -0.2) is 44.1 Å². The third-order valence-corrected chi connectivity index (χ3v) is 2.61. The van der Waals surface area contributed by atoms with Crippen molar-refractivity contribution in [3.63, 3.8) is 0 Å². The highest BCUT2D eigenvalue weighted by atomic mass is 16.4. The Kier molecular flexibility index (Phi) is 3.19. The second-order valence-electron chi connectivity index (χ2n) is 4.45. The first-order chi connectivity index (χ1) is 8.06. The minimum absolute atomic E-state index is 0.632. The average molecular weight is 234 g/mol. The molecule has 0 radical (unpaired) electrons.